The van der Waals surface area contributed by atoms with Gasteiger partial charge >= 0.3 is 0 Å². The molecule has 10 nitrogen and oxygen atoms in total. The van der Waals surface area contributed by atoms with E-state index in [1.807, 2.05) is 6.08 Å². The molecule has 0 saturated carbocycles. The van der Waals surface area contributed by atoms with Gasteiger partial charge in [-0.25, -0.2) is 0 Å². The zero-order valence-corrected chi connectivity index (χ0v) is 46.6. The second-order valence-corrected chi connectivity index (χ2v) is 21.3. The summed E-state index contributed by atoms with van der Waals surface area (Å²) >= 11 is 0. The SMILES string of the molecule is CCCCCCC/C=C/CC/C=C/C(O)C(COC1OC(CO)C(O)C(O)C1O)NC(=O)C(O)CCCCCCCCCCCCCCCCCC/C=C\C/C=C\CCCCCCCCCCCCCCC. The molecular weight excluding hydrogens is 903 g/mol. The number of aliphatic hydroxyl groups is 6. The lowest BCUT2D eigenvalue weighted by Gasteiger charge is -2.40. The van der Waals surface area contributed by atoms with Crippen molar-refractivity contribution in [1.29, 1.82) is 0 Å². The smallest absolute Gasteiger partial charge is 0.249 e. The summed E-state index contributed by atoms with van der Waals surface area (Å²) in [4.78, 5) is 13.1. The molecule has 1 heterocycles. The summed E-state index contributed by atoms with van der Waals surface area (Å²) in [7, 11) is 0. The van der Waals surface area contributed by atoms with E-state index in [0.29, 0.717) is 19.3 Å². The van der Waals surface area contributed by atoms with Gasteiger partial charge in [0.05, 0.1) is 25.4 Å². The molecule has 8 atom stereocenters. The summed E-state index contributed by atoms with van der Waals surface area (Å²) in [5.41, 5.74) is 0. The number of aliphatic hydroxyl groups excluding tert-OH is 6. The average molecular weight is 1020 g/mol. The highest BCUT2D eigenvalue weighted by Crippen LogP contribution is 2.23. The largest absolute Gasteiger partial charge is 0.394 e. The molecule has 422 valence electrons. The Hall–Kier alpha value is -1.89. The van der Waals surface area contributed by atoms with Crippen LogP contribution in [0.15, 0.2) is 48.6 Å². The van der Waals surface area contributed by atoms with Crippen LogP contribution in [0.4, 0.5) is 0 Å². The van der Waals surface area contributed by atoms with Crippen molar-refractivity contribution in [3.8, 4) is 0 Å². The summed E-state index contributed by atoms with van der Waals surface area (Å²) in [5.74, 6) is -0.626. The van der Waals surface area contributed by atoms with Crippen LogP contribution >= 0.6 is 0 Å². The zero-order valence-electron chi connectivity index (χ0n) is 46.6. The van der Waals surface area contributed by atoms with Crippen LogP contribution in [0.25, 0.3) is 0 Å². The molecule has 1 aliphatic rings. The maximum Gasteiger partial charge on any atom is 0.249 e. The third-order valence-electron chi connectivity index (χ3n) is 14.5. The van der Waals surface area contributed by atoms with E-state index in [0.717, 1.165) is 38.5 Å². The highest BCUT2D eigenvalue weighted by Gasteiger charge is 2.44. The van der Waals surface area contributed by atoms with Crippen molar-refractivity contribution in [3.63, 3.8) is 0 Å². The van der Waals surface area contributed by atoms with Crippen LogP contribution in [0.5, 0.6) is 0 Å². The number of carbonyl (C=O) groups is 1. The first-order valence-corrected chi connectivity index (χ1v) is 30.5. The van der Waals surface area contributed by atoms with E-state index in [2.05, 4.69) is 55.6 Å². The molecule has 0 aromatic heterocycles. The number of carbonyl (C=O) groups excluding carboxylic acids is 1. The van der Waals surface area contributed by atoms with E-state index in [1.54, 1.807) is 6.08 Å². The maximum atomic E-state index is 13.1. The highest BCUT2D eigenvalue weighted by atomic mass is 16.7. The molecule has 0 aromatic carbocycles. The van der Waals surface area contributed by atoms with Gasteiger partial charge in [0.1, 0.15) is 30.5 Å². The normalized spacial score (nSPS) is 19.9. The first kappa shape index (κ1) is 68.1. The lowest BCUT2D eigenvalue weighted by Crippen LogP contribution is -2.60. The van der Waals surface area contributed by atoms with E-state index in [1.165, 1.54) is 205 Å². The van der Waals surface area contributed by atoms with Crippen LogP contribution < -0.4 is 5.32 Å². The third kappa shape index (κ3) is 39.5. The molecule has 72 heavy (non-hydrogen) atoms. The number of amides is 1. The summed E-state index contributed by atoms with van der Waals surface area (Å²) in [6, 6.07) is -0.997. The minimum absolute atomic E-state index is 0.304. The lowest BCUT2D eigenvalue weighted by molar-refractivity contribution is -0.302. The van der Waals surface area contributed by atoms with Crippen molar-refractivity contribution in [2.45, 2.75) is 326 Å². The summed E-state index contributed by atoms with van der Waals surface area (Å²) in [6.07, 6.45) is 58.3. The Morgan fingerprint density at radius 3 is 1.29 bits per heavy atom. The van der Waals surface area contributed by atoms with Crippen LogP contribution in [0.3, 0.4) is 0 Å². The van der Waals surface area contributed by atoms with Crippen molar-refractivity contribution < 1.29 is 44.9 Å². The molecule has 10 heteroatoms. The number of rotatable bonds is 52. The number of ether oxygens (including phenoxy) is 2. The fourth-order valence-corrected chi connectivity index (χ4v) is 9.56. The topological polar surface area (TPSA) is 169 Å². The number of hydrogen-bond acceptors (Lipinski definition) is 9. The first-order valence-electron chi connectivity index (χ1n) is 30.5. The number of hydrogen-bond donors (Lipinski definition) is 7. The van der Waals surface area contributed by atoms with Crippen molar-refractivity contribution in [2.24, 2.45) is 0 Å². The van der Waals surface area contributed by atoms with Crippen LogP contribution in [0, 0.1) is 0 Å². The fourth-order valence-electron chi connectivity index (χ4n) is 9.56. The molecule has 1 fully saturated rings. The van der Waals surface area contributed by atoms with Gasteiger partial charge in [0, 0.05) is 0 Å². The summed E-state index contributed by atoms with van der Waals surface area (Å²) in [5, 5.41) is 64.8. The molecule has 1 rings (SSSR count). The Labute approximate surface area is 442 Å². The second kappa shape index (κ2) is 51.2. The molecular formula is C62H115NO9. The first-order chi connectivity index (χ1) is 35.3. The molecule has 7 N–H and O–H groups in total. The summed E-state index contributed by atoms with van der Waals surface area (Å²) in [6.45, 7) is 3.58. The van der Waals surface area contributed by atoms with Gasteiger partial charge in [-0.15, -0.1) is 0 Å². The molecule has 0 aromatic rings. The maximum absolute atomic E-state index is 13.1. The Morgan fingerprint density at radius 1 is 0.486 bits per heavy atom. The predicted octanol–water partition coefficient (Wildman–Crippen LogP) is 14.3. The van der Waals surface area contributed by atoms with Crippen molar-refractivity contribution in [1.82, 2.24) is 5.32 Å². The van der Waals surface area contributed by atoms with Crippen LogP contribution in [-0.2, 0) is 14.3 Å². The second-order valence-electron chi connectivity index (χ2n) is 21.3. The average Bonchev–Trinajstić information content (AvgIpc) is 3.38. The third-order valence-corrected chi connectivity index (χ3v) is 14.5. The van der Waals surface area contributed by atoms with Gasteiger partial charge in [0.25, 0.3) is 0 Å². The number of nitrogens with one attached hydrogen (secondary N) is 1. The number of unbranched alkanes of at least 4 members (excludes halogenated alkanes) is 35. The minimum atomic E-state index is -1.62. The van der Waals surface area contributed by atoms with E-state index >= 15 is 0 Å². The van der Waals surface area contributed by atoms with Crippen LogP contribution in [0.1, 0.15) is 277 Å². The van der Waals surface area contributed by atoms with Crippen molar-refractivity contribution >= 4 is 5.91 Å². The van der Waals surface area contributed by atoms with Gasteiger partial charge in [-0.3, -0.25) is 4.79 Å². The Bertz CT molecular complexity index is 1290. The standard InChI is InChI=1S/C62H115NO9/c1-3-5-7-9-11-13-15-16-17-18-19-20-21-22-23-24-25-26-27-28-29-30-31-32-33-34-35-36-37-38-39-41-43-45-47-49-51-56(66)61(70)63-54(53-71-62-60(69)59(68)58(67)57(52-64)72-62)55(65)50-48-46-44-42-40-14-12-10-8-6-4-2/h23-24,26-27,40,42,48,50,54-60,62,64-69H,3-22,25,28-39,41,43-47,49,51-53H2,1-2H3,(H,63,70)/b24-23-,27-26-,42-40+,50-48+. The van der Waals surface area contributed by atoms with Crippen molar-refractivity contribution in [2.75, 3.05) is 13.2 Å². The van der Waals surface area contributed by atoms with E-state index in [9.17, 15) is 35.4 Å². The van der Waals surface area contributed by atoms with Gasteiger partial charge in [0.2, 0.25) is 5.91 Å². The number of allylic oxidation sites excluding steroid dienone is 7. The van der Waals surface area contributed by atoms with Crippen LogP contribution in [0.2, 0.25) is 0 Å². The molecule has 1 amide bonds. The molecule has 0 radical (unpaired) electrons. The Morgan fingerprint density at radius 2 is 0.861 bits per heavy atom. The van der Waals surface area contributed by atoms with E-state index in [4.69, 9.17) is 9.47 Å². The molecule has 1 saturated heterocycles. The van der Waals surface area contributed by atoms with Crippen LogP contribution in [-0.4, -0.2) is 98.7 Å². The predicted molar refractivity (Wildman–Crippen MR) is 301 cm³/mol. The van der Waals surface area contributed by atoms with Gasteiger partial charge in [-0.1, -0.05) is 262 Å². The molecule has 8 unspecified atom stereocenters. The highest BCUT2D eigenvalue weighted by molar-refractivity contribution is 5.80. The molecule has 0 bridgehead atoms. The van der Waals surface area contributed by atoms with E-state index < -0.39 is 61.5 Å². The molecule has 1 aliphatic heterocycles. The van der Waals surface area contributed by atoms with Gasteiger partial charge in [-0.2, -0.15) is 0 Å². The van der Waals surface area contributed by atoms with Crippen molar-refractivity contribution in [3.05, 3.63) is 48.6 Å². The fraction of sp³-hybridized carbons (Fsp3) is 0.855. The molecule has 0 aliphatic carbocycles. The van der Waals surface area contributed by atoms with Gasteiger partial charge in [-0.05, 0) is 64.2 Å². The quantitative estimate of drug-likeness (QED) is 0.0232. The van der Waals surface area contributed by atoms with Gasteiger partial charge in [0.15, 0.2) is 6.29 Å². The Balaban J connectivity index is 2.10. The summed E-state index contributed by atoms with van der Waals surface area (Å²) < 4.78 is 11.1. The van der Waals surface area contributed by atoms with E-state index in [-0.39, 0.29) is 6.61 Å². The van der Waals surface area contributed by atoms with Gasteiger partial charge < -0.3 is 45.4 Å². The lowest BCUT2D eigenvalue weighted by atomic mass is 9.99. The Kier molecular flexibility index (Phi) is 48.5. The molecule has 0 spiro atoms. The zero-order chi connectivity index (χ0) is 52.4. The minimum Gasteiger partial charge on any atom is -0.394 e. The monoisotopic (exact) mass is 1020 g/mol.